The topological polar surface area (TPSA) is 52.8 Å². The van der Waals surface area contributed by atoms with Gasteiger partial charge in [0.25, 0.3) is 0 Å². The summed E-state index contributed by atoms with van der Waals surface area (Å²) in [7, 11) is 1.84. The summed E-state index contributed by atoms with van der Waals surface area (Å²) in [6.45, 7) is 4.07. The zero-order chi connectivity index (χ0) is 12.4. The van der Waals surface area contributed by atoms with Gasteiger partial charge in [-0.1, -0.05) is 13.8 Å². The Kier molecular flexibility index (Phi) is 3.42. The standard InChI is InChI=1S/C11H13BrN4O/c1-7(2)11-14-9(12)4-10(15-11)17-8-5-13-16(3)6-8/h4-7H,1-3H3. The van der Waals surface area contributed by atoms with E-state index in [0.29, 0.717) is 11.6 Å². The number of hydrogen-bond acceptors (Lipinski definition) is 4. The van der Waals surface area contributed by atoms with Crippen LogP contribution >= 0.6 is 15.9 Å². The predicted octanol–water partition coefficient (Wildman–Crippen LogP) is 2.89. The van der Waals surface area contributed by atoms with E-state index in [4.69, 9.17) is 4.74 Å². The quantitative estimate of drug-likeness (QED) is 0.817. The summed E-state index contributed by atoms with van der Waals surface area (Å²) < 4.78 is 8.00. The van der Waals surface area contributed by atoms with Gasteiger partial charge in [-0.3, -0.25) is 4.68 Å². The van der Waals surface area contributed by atoms with Gasteiger partial charge >= 0.3 is 0 Å². The summed E-state index contributed by atoms with van der Waals surface area (Å²) in [5.74, 6) is 2.18. The molecular weight excluding hydrogens is 284 g/mol. The Morgan fingerprint density at radius 3 is 2.71 bits per heavy atom. The largest absolute Gasteiger partial charge is 0.436 e. The van der Waals surface area contributed by atoms with Crippen molar-refractivity contribution < 1.29 is 4.74 Å². The highest BCUT2D eigenvalue weighted by atomic mass is 79.9. The predicted molar refractivity (Wildman–Crippen MR) is 67.1 cm³/mol. The fraction of sp³-hybridized carbons (Fsp3) is 0.364. The summed E-state index contributed by atoms with van der Waals surface area (Å²) in [5, 5.41) is 4.03. The molecule has 0 aliphatic carbocycles. The molecule has 2 heterocycles. The first-order valence-electron chi connectivity index (χ1n) is 5.25. The number of aromatic nitrogens is 4. The smallest absolute Gasteiger partial charge is 0.223 e. The van der Waals surface area contributed by atoms with Crippen molar-refractivity contribution in [3.63, 3.8) is 0 Å². The van der Waals surface area contributed by atoms with Gasteiger partial charge in [-0.25, -0.2) is 4.98 Å². The molecule has 0 aliphatic heterocycles. The van der Waals surface area contributed by atoms with Gasteiger partial charge in [-0.15, -0.1) is 0 Å². The Labute approximate surface area is 108 Å². The molecule has 90 valence electrons. The van der Waals surface area contributed by atoms with Crippen molar-refractivity contribution in [2.75, 3.05) is 0 Å². The molecule has 0 aliphatic rings. The zero-order valence-electron chi connectivity index (χ0n) is 9.88. The Bertz CT molecular complexity index is 524. The van der Waals surface area contributed by atoms with Crippen molar-refractivity contribution in [1.29, 1.82) is 0 Å². The number of aryl methyl sites for hydroxylation is 1. The number of hydrogen-bond donors (Lipinski definition) is 0. The van der Waals surface area contributed by atoms with Crippen LogP contribution < -0.4 is 4.74 Å². The molecule has 0 aromatic carbocycles. The van der Waals surface area contributed by atoms with Gasteiger partial charge in [-0.05, 0) is 15.9 Å². The zero-order valence-corrected chi connectivity index (χ0v) is 11.5. The third-order valence-electron chi connectivity index (χ3n) is 2.11. The highest BCUT2D eigenvalue weighted by Crippen LogP contribution is 2.23. The molecule has 0 saturated carbocycles. The number of nitrogens with zero attached hydrogens (tertiary/aromatic N) is 4. The first kappa shape index (κ1) is 12.0. The second-order valence-corrected chi connectivity index (χ2v) is 4.81. The van der Waals surface area contributed by atoms with Crippen LogP contribution in [0.5, 0.6) is 11.6 Å². The second kappa shape index (κ2) is 4.83. The van der Waals surface area contributed by atoms with Crippen LogP contribution in [0.15, 0.2) is 23.1 Å². The molecule has 2 aromatic heterocycles. The average Bonchev–Trinajstić information content (AvgIpc) is 2.63. The lowest BCUT2D eigenvalue weighted by Gasteiger charge is -2.07. The van der Waals surface area contributed by atoms with E-state index in [1.54, 1.807) is 23.1 Å². The SMILES string of the molecule is CC(C)c1nc(Br)cc(Oc2cnn(C)c2)n1. The molecule has 0 bridgehead atoms. The highest BCUT2D eigenvalue weighted by molar-refractivity contribution is 9.10. The van der Waals surface area contributed by atoms with Gasteiger partial charge in [0.05, 0.1) is 12.4 Å². The molecule has 0 fully saturated rings. The molecule has 0 atom stereocenters. The van der Waals surface area contributed by atoms with E-state index in [2.05, 4.69) is 31.0 Å². The van der Waals surface area contributed by atoms with Crippen molar-refractivity contribution in [2.24, 2.45) is 7.05 Å². The Morgan fingerprint density at radius 2 is 2.12 bits per heavy atom. The molecule has 2 rings (SSSR count). The number of ether oxygens (including phenoxy) is 1. The maximum Gasteiger partial charge on any atom is 0.223 e. The molecule has 0 unspecified atom stereocenters. The van der Waals surface area contributed by atoms with E-state index in [1.165, 1.54) is 0 Å². The van der Waals surface area contributed by atoms with Crippen LogP contribution in [0.1, 0.15) is 25.6 Å². The summed E-state index contributed by atoms with van der Waals surface area (Å²) in [6, 6.07) is 1.74. The van der Waals surface area contributed by atoms with Crippen molar-refractivity contribution in [1.82, 2.24) is 19.7 Å². The minimum atomic E-state index is 0.253. The van der Waals surface area contributed by atoms with Gasteiger partial charge in [0.15, 0.2) is 5.75 Å². The van der Waals surface area contributed by atoms with Gasteiger partial charge in [0.1, 0.15) is 10.4 Å². The minimum absolute atomic E-state index is 0.253. The van der Waals surface area contributed by atoms with E-state index in [9.17, 15) is 0 Å². The van der Waals surface area contributed by atoms with Crippen molar-refractivity contribution >= 4 is 15.9 Å². The Hall–Kier alpha value is -1.43. The van der Waals surface area contributed by atoms with Crippen molar-refractivity contribution in [3.8, 4) is 11.6 Å². The van der Waals surface area contributed by atoms with E-state index in [0.717, 1.165) is 10.4 Å². The second-order valence-electron chi connectivity index (χ2n) is 3.99. The lowest BCUT2D eigenvalue weighted by molar-refractivity contribution is 0.455. The molecule has 0 spiro atoms. The van der Waals surface area contributed by atoms with Crippen LogP contribution in [0, 0.1) is 0 Å². The third kappa shape index (κ3) is 3.03. The summed E-state index contributed by atoms with van der Waals surface area (Å²) in [6.07, 6.45) is 3.43. The molecule has 0 amide bonds. The van der Waals surface area contributed by atoms with Gasteiger partial charge < -0.3 is 4.74 Å². The highest BCUT2D eigenvalue weighted by Gasteiger charge is 2.09. The monoisotopic (exact) mass is 296 g/mol. The molecule has 0 radical (unpaired) electrons. The maximum absolute atomic E-state index is 5.61. The molecule has 0 N–H and O–H groups in total. The lowest BCUT2D eigenvalue weighted by atomic mass is 10.2. The first-order valence-corrected chi connectivity index (χ1v) is 6.05. The molecule has 5 nitrogen and oxygen atoms in total. The van der Waals surface area contributed by atoms with Crippen molar-refractivity contribution in [2.45, 2.75) is 19.8 Å². The number of rotatable bonds is 3. The van der Waals surface area contributed by atoms with Crippen LogP contribution in [0.25, 0.3) is 0 Å². The normalized spacial score (nSPS) is 10.9. The summed E-state index contributed by atoms with van der Waals surface area (Å²) in [4.78, 5) is 8.62. The third-order valence-corrected chi connectivity index (χ3v) is 2.51. The Morgan fingerprint density at radius 1 is 1.35 bits per heavy atom. The first-order chi connectivity index (χ1) is 8.04. The molecule has 17 heavy (non-hydrogen) atoms. The van der Waals surface area contributed by atoms with Gasteiger partial charge in [0, 0.05) is 19.0 Å². The van der Waals surface area contributed by atoms with E-state index >= 15 is 0 Å². The van der Waals surface area contributed by atoms with E-state index in [-0.39, 0.29) is 5.92 Å². The molecular formula is C11H13BrN4O. The molecule has 2 aromatic rings. The maximum atomic E-state index is 5.61. The van der Waals surface area contributed by atoms with Crippen LogP contribution in [0.4, 0.5) is 0 Å². The van der Waals surface area contributed by atoms with Crippen LogP contribution in [-0.4, -0.2) is 19.7 Å². The average molecular weight is 297 g/mol. The molecule has 0 saturated heterocycles. The van der Waals surface area contributed by atoms with Crippen LogP contribution in [0.3, 0.4) is 0 Å². The summed E-state index contributed by atoms with van der Waals surface area (Å²) >= 11 is 3.35. The van der Waals surface area contributed by atoms with E-state index in [1.807, 2.05) is 20.9 Å². The van der Waals surface area contributed by atoms with Gasteiger partial charge in [-0.2, -0.15) is 10.1 Å². The number of halogens is 1. The van der Waals surface area contributed by atoms with Crippen LogP contribution in [-0.2, 0) is 7.05 Å². The summed E-state index contributed by atoms with van der Waals surface area (Å²) in [5.41, 5.74) is 0. The fourth-order valence-electron chi connectivity index (χ4n) is 1.30. The Balaban J connectivity index is 2.26. The lowest BCUT2D eigenvalue weighted by Crippen LogP contribution is -1.99. The van der Waals surface area contributed by atoms with Gasteiger partial charge in [0.2, 0.25) is 5.88 Å². The minimum Gasteiger partial charge on any atom is -0.436 e. The van der Waals surface area contributed by atoms with E-state index < -0.39 is 0 Å². The van der Waals surface area contributed by atoms with Crippen LogP contribution in [0.2, 0.25) is 0 Å². The molecule has 6 heteroatoms. The fourth-order valence-corrected chi connectivity index (χ4v) is 1.67. The van der Waals surface area contributed by atoms with Crippen molar-refractivity contribution in [3.05, 3.63) is 28.9 Å².